The summed E-state index contributed by atoms with van der Waals surface area (Å²) in [5, 5.41) is 0. The van der Waals surface area contributed by atoms with Crippen LogP contribution in [0.1, 0.15) is 43.2 Å². The summed E-state index contributed by atoms with van der Waals surface area (Å²) in [4.78, 5) is 16.1. The Kier molecular flexibility index (Phi) is 5.78. The number of aryl methyl sites for hydroxylation is 2. The first-order chi connectivity index (χ1) is 11.9. The molecule has 0 N–H and O–H groups in total. The van der Waals surface area contributed by atoms with E-state index in [1.807, 2.05) is 4.90 Å². The summed E-state index contributed by atoms with van der Waals surface area (Å²) >= 11 is 1.57. The molecule has 4 nitrogen and oxygen atoms in total. The molecule has 3 rings (SSSR count). The SMILES string of the molecule is Cc1ccc(SCC(=O)N(C2CCCC2)[C@@H]2CCS(=O)(=O)C2)c(C)c1. The number of carbonyl (C=O) groups excluding carboxylic acids is 1. The maximum atomic E-state index is 13.0. The minimum absolute atomic E-state index is 0.0963. The van der Waals surface area contributed by atoms with Crippen molar-refractivity contribution in [1.29, 1.82) is 0 Å². The van der Waals surface area contributed by atoms with Crippen molar-refractivity contribution in [3.05, 3.63) is 29.3 Å². The normalized spacial score (nSPS) is 23.0. The van der Waals surface area contributed by atoms with Gasteiger partial charge in [0, 0.05) is 17.0 Å². The highest BCUT2D eigenvalue weighted by Crippen LogP contribution is 2.31. The Hall–Kier alpha value is -1.01. The summed E-state index contributed by atoms with van der Waals surface area (Å²) in [7, 11) is -2.98. The molecule has 1 aliphatic heterocycles. The molecule has 0 spiro atoms. The molecular formula is C19H27NO3S2. The van der Waals surface area contributed by atoms with E-state index in [2.05, 4.69) is 32.0 Å². The Morgan fingerprint density at radius 3 is 2.48 bits per heavy atom. The number of hydrogen-bond donors (Lipinski definition) is 0. The molecule has 0 aromatic heterocycles. The smallest absolute Gasteiger partial charge is 0.233 e. The third kappa shape index (κ3) is 4.59. The minimum atomic E-state index is -2.98. The standard InChI is InChI=1S/C19H27NO3S2/c1-14-7-8-18(15(2)11-14)24-12-19(21)20(16-5-3-4-6-16)17-9-10-25(22,23)13-17/h7-8,11,16-17H,3-6,9-10,12-13H2,1-2H3/t17-/m1/s1. The van der Waals surface area contributed by atoms with Crippen LogP contribution in [0.3, 0.4) is 0 Å². The van der Waals surface area contributed by atoms with Crippen molar-refractivity contribution >= 4 is 27.5 Å². The fourth-order valence-electron chi connectivity index (χ4n) is 4.06. The van der Waals surface area contributed by atoms with E-state index in [0.717, 1.165) is 30.6 Å². The monoisotopic (exact) mass is 381 g/mol. The van der Waals surface area contributed by atoms with Crippen LogP contribution in [0.5, 0.6) is 0 Å². The van der Waals surface area contributed by atoms with E-state index in [4.69, 9.17) is 0 Å². The maximum absolute atomic E-state index is 13.0. The van der Waals surface area contributed by atoms with Crippen LogP contribution in [0.4, 0.5) is 0 Å². The van der Waals surface area contributed by atoms with Crippen LogP contribution >= 0.6 is 11.8 Å². The lowest BCUT2D eigenvalue weighted by atomic mass is 10.1. The largest absolute Gasteiger partial charge is 0.335 e. The van der Waals surface area contributed by atoms with Gasteiger partial charge in [-0.25, -0.2) is 8.42 Å². The molecule has 1 atom stereocenters. The molecule has 1 amide bonds. The van der Waals surface area contributed by atoms with Crippen molar-refractivity contribution in [2.45, 2.75) is 62.9 Å². The van der Waals surface area contributed by atoms with Crippen molar-refractivity contribution < 1.29 is 13.2 Å². The molecule has 1 aromatic rings. The number of thioether (sulfide) groups is 1. The second-order valence-electron chi connectivity index (χ2n) is 7.35. The molecule has 1 aromatic carbocycles. The van der Waals surface area contributed by atoms with E-state index >= 15 is 0 Å². The van der Waals surface area contributed by atoms with Crippen molar-refractivity contribution in [3.8, 4) is 0 Å². The molecule has 2 fully saturated rings. The summed E-state index contributed by atoms with van der Waals surface area (Å²) in [6, 6.07) is 6.37. The van der Waals surface area contributed by atoms with Gasteiger partial charge in [-0.2, -0.15) is 0 Å². The third-order valence-electron chi connectivity index (χ3n) is 5.29. The van der Waals surface area contributed by atoms with Crippen molar-refractivity contribution in [1.82, 2.24) is 4.90 Å². The second-order valence-corrected chi connectivity index (χ2v) is 10.6. The van der Waals surface area contributed by atoms with Crippen molar-refractivity contribution in [3.63, 3.8) is 0 Å². The topological polar surface area (TPSA) is 54.5 Å². The number of benzene rings is 1. The molecule has 138 valence electrons. The van der Waals surface area contributed by atoms with E-state index < -0.39 is 9.84 Å². The average Bonchev–Trinajstić information content (AvgIpc) is 3.17. The third-order valence-corrected chi connectivity index (χ3v) is 8.20. The van der Waals surface area contributed by atoms with Gasteiger partial charge in [-0.15, -0.1) is 11.8 Å². The number of hydrogen-bond acceptors (Lipinski definition) is 4. The molecule has 25 heavy (non-hydrogen) atoms. The van der Waals surface area contributed by atoms with Crippen LogP contribution in [-0.4, -0.2) is 48.6 Å². The van der Waals surface area contributed by atoms with Gasteiger partial charge >= 0.3 is 0 Å². The predicted molar refractivity (Wildman–Crippen MR) is 103 cm³/mol. The molecule has 1 saturated carbocycles. The van der Waals surface area contributed by atoms with Gasteiger partial charge in [-0.1, -0.05) is 30.5 Å². The lowest BCUT2D eigenvalue weighted by Crippen LogP contribution is -2.47. The van der Waals surface area contributed by atoms with Crippen LogP contribution in [-0.2, 0) is 14.6 Å². The zero-order chi connectivity index (χ0) is 18.0. The van der Waals surface area contributed by atoms with Gasteiger partial charge in [0.2, 0.25) is 5.91 Å². The molecule has 0 bridgehead atoms. The fraction of sp³-hybridized carbons (Fsp3) is 0.632. The molecule has 1 aliphatic carbocycles. The minimum Gasteiger partial charge on any atom is -0.335 e. The highest BCUT2D eigenvalue weighted by molar-refractivity contribution is 8.00. The highest BCUT2D eigenvalue weighted by atomic mass is 32.2. The molecular weight excluding hydrogens is 354 g/mol. The molecule has 0 unspecified atom stereocenters. The van der Waals surface area contributed by atoms with Gasteiger partial charge < -0.3 is 4.90 Å². The van der Waals surface area contributed by atoms with Gasteiger partial charge in [-0.3, -0.25) is 4.79 Å². The quantitative estimate of drug-likeness (QED) is 0.734. The first-order valence-corrected chi connectivity index (χ1v) is 11.9. The number of amides is 1. The van der Waals surface area contributed by atoms with E-state index in [1.165, 1.54) is 11.1 Å². The average molecular weight is 382 g/mol. The molecule has 0 radical (unpaired) electrons. The summed E-state index contributed by atoms with van der Waals surface area (Å²) in [5.41, 5.74) is 2.41. The number of rotatable bonds is 5. The van der Waals surface area contributed by atoms with Crippen LogP contribution in [0.2, 0.25) is 0 Å². The van der Waals surface area contributed by atoms with E-state index in [1.54, 1.807) is 11.8 Å². The Morgan fingerprint density at radius 2 is 1.88 bits per heavy atom. The van der Waals surface area contributed by atoms with Gasteiger partial charge in [0.15, 0.2) is 9.84 Å². The molecule has 1 heterocycles. The Balaban J connectivity index is 1.70. The summed E-state index contributed by atoms with van der Waals surface area (Å²) < 4.78 is 23.8. The number of nitrogens with zero attached hydrogens (tertiary/aromatic N) is 1. The molecule has 1 saturated heterocycles. The maximum Gasteiger partial charge on any atom is 0.233 e. The first kappa shape index (κ1) is 18.8. The fourth-order valence-corrected chi connectivity index (χ4v) is 6.65. The Labute approximate surface area is 155 Å². The Morgan fingerprint density at radius 1 is 1.16 bits per heavy atom. The van der Waals surface area contributed by atoms with Crippen LogP contribution in [0.25, 0.3) is 0 Å². The van der Waals surface area contributed by atoms with E-state index in [9.17, 15) is 13.2 Å². The van der Waals surface area contributed by atoms with E-state index in [0.29, 0.717) is 12.2 Å². The van der Waals surface area contributed by atoms with Crippen LogP contribution in [0, 0.1) is 13.8 Å². The number of carbonyl (C=O) groups is 1. The lowest BCUT2D eigenvalue weighted by molar-refractivity contribution is -0.132. The van der Waals surface area contributed by atoms with Gasteiger partial charge in [0.1, 0.15) is 0 Å². The highest BCUT2D eigenvalue weighted by Gasteiger charge is 2.38. The zero-order valence-corrected chi connectivity index (χ0v) is 16.7. The first-order valence-electron chi connectivity index (χ1n) is 9.07. The predicted octanol–water partition coefficient (Wildman–Crippen LogP) is 3.35. The lowest BCUT2D eigenvalue weighted by Gasteiger charge is -2.34. The molecule has 6 heteroatoms. The zero-order valence-electron chi connectivity index (χ0n) is 15.0. The van der Waals surface area contributed by atoms with Gasteiger partial charge in [-0.05, 0) is 44.7 Å². The van der Waals surface area contributed by atoms with Crippen molar-refractivity contribution in [2.24, 2.45) is 0 Å². The van der Waals surface area contributed by atoms with Crippen LogP contribution in [0.15, 0.2) is 23.1 Å². The van der Waals surface area contributed by atoms with Crippen LogP contribution < -0.4 is 0 Å². The van der Waals surface area contributed by atoms with E-state index in [-0.39, 0.29) is 29.5 Å². The number of sulfone groups is 1. The molecule has 2 aliphatic rings. The van der Waals surface area contributed by atoms with Gasteiger partial charge in [0.25, 0.3) is 0 Å². The summed E-state index contributed by atoms with van der Waals surface area (Å²) in [5.74, 6) is 0.845. The van der Waals surface area contributed by atoms with Crippen molar-refractivity contribution in [2.75, 3.05) is 17.3 Å². The summed E-state index contributed by atoms with van der Waals surface area (Å²) in [6.07, 6.45) is 4.89. The summed E-state index contributed by atoms with van der Waals surface area (Å²) in [6.45, 7) is 4.13. The second kappa shape index (κ2) is 7.70. The van der Waals surface area contributed by atoms with Gasteiger partial charge in [0.05, 0.1) is 17.3 Å². The Bertz CT molecular complexity index is 739.